The Hall–Kier alpha value is -1.33. The van der Waals surface area contributed by atoms with E-state index in [1.807, 2.05) is 12.1 Å². The van der Waals surface area contributed by atoms with Gasteiger partial charge in [-0.05, 0) is 55.1 Å². The van der Waals surface area contributed by atoms with E-state index in [0.717, 1.165) is 44.6 Å². The standard InChI is InChI=1S/C20H22BrF3N2O3S.ClH/c21-17-7-8-19(18(13-17)29-20(22,23)24)30(27,28)25-10-3-4-11-26-12-9-15-5-1-2-6-16(15)14-26;/h1-2,5-8,13,25H,3-4,9-12,14H2;1H. The molecule has 172 valence electrons. The number of hydrogen-bond donors (Lipinski definition) is 1. The second-order valence-electron chi connectivity index (χ2n) is 7.04. The summed E-state index contributed by atoms with van der Waals surface area (Å²) in [5.41, 5.74) is 2.68. The molecule has 2 aromatic carbocycles. The Morgan fingerprint density at radius 2 is 1.81 bits per heavy atom. The number of fused-ring (bicyclic) bond motifs is 1. The maximum absolute atomic E-state index is 12.6. The molecular weight excluding hydrogens is 521 g/mol. The van der Waals surface area contributed by atoms with Crippen LogP contribution in [-0.2, 0) is 23.0 Å². The second-order valence-corrected chi connectivity index (χ2v) is 9.69. The molecule has 0 saturated carbocycles. The molecule has 2 aromatic rings. The molecule has 1 heterocycles. The molecular formula is C20H23BrClF3N2O3S. The first kappa shape index (κ1) is 25.9. The molecule has 0 bridgehead atoms. The number of unbranched alkanes of at least 4 members (excludes halogenated alkanes) is 1. The fourth-order valence-corrected chi connectivity index (χ4v) is 4.92. The number of alkyl halides is 3. The lowest BCUT2D eigenvalue weighted by molar-refractivity contribution is -0.275. The summed E-state index contributed by atoms with van der Waals surface area (Å²) < 4.78 is 69.3. The summed E-state index contributed by atoms with van der Waals surface area (Å²) in [5, 5.41) is 0. The third-order valence-corrected chi connectivity index (χ3v) is 6.82. The first-order valence-electron chi connectivity index (χ1n) is 9.48. The van der Waals surface area contributed by atoms with E-state index in [0.29, 0.717) is 6.42 Å². The Bertz CT molecular complexity index is 990. The van der Waals surface area contributed by atoms with Crippen LogP contribution in [0.2, 0.25) is 0 Å². The number of hydrogen-bond acceptors (Lipinski definition) is 4. The van der Waals surface area contributed by atoms with Crippen LogP contribution in [0.3, 0.4) is 0 Å². The molecule has 1 aliphatic rings. The first-order valence-corrected chi connectivity index (χ1v) is 11.8. The highest BCUT2D eigenvalue weighted by atomic mass is 79.9. The van der Waals surface area contributed by atoms with Gasteiger partial charge in [-0.3, -0.25) is 4.90 Å². The van der Waals surface area contributed by atoms with E-state index in [4.69, 9.17) is 0 Å². The van der Waals surface area contributed by atoms with Crippen LogP contribution in [-0.4, -0.2) is 39.3 Å². The maximum atomic E-state index is 12.6. The Morgan fingerprint density at radius 3 is 2.52 bits per heavy atom. The van der Waals surface area contributed by atoms with Crippen molar-refractivity contribution >= 4 is 38.4 Å². The van der Waals surface area contributed by atoms with Crippen LogP contribution < -0.4 is 9.46 Å². The molecule has 0 aromatic heterocycles. The minimum Gasteiger partial charge on any atom is -0.404 e. The van der Waals surface area contributed by atoms with E-state index < -0.39 is 27.0 Å². The van der Waals surface area contributed by atoms with Gasteiger partial charge in [0.2, 0.25) is 10.0 Å². The summed E-state index contributed by atoms with van der Waals surface area (Å²) in [5.74, 6) is -0.767. The van der Waals surface area contributed by atoms with E-state index in [2.05, 4.69) is 42.4 Å². The third-order valence-electron chi connectivity index (χ3n) is 4.82. The summed E-state index contributed by atoms with van der Waals surface area (Å²) in [7, 11) is -4.13. The summed E-state index contributed by atoms with van der Waals surface area (Å²) in [6.07, 6.45) is -2.65. The number of nitrogens with zero attached hydrogens (tertiary/aromatic N) is 1. The first-order chi connectivity index (χ1) is 14.1. The topological polar surface area (TPSA) is 58.6 Å². The van der Waals surface area contributed by atoms with Gasteiger partial charge in [-0.2, -0.15) is 0 Å². The van der Waals surface area contributed by atoms with Crippen molar-refractivity contribution in [3.63, 3.8) is 0 Å². The van der Waals surface area contributed by atoms with Gasteiger partial charge in [0.1, 0.15) is 4.90 Å². The van der Waals surface area contributed by atoms with Crippen molar-refractivity contribution in [3.05, 3.63) is 58.1 Å². The largest absolute Gasteiger partial charge is 0.573 e. The zero-order chi connectivity index (χ0) is 21.8. The van der Waals surface area contributed by atoms with Gasteiger partial charge < -0.3 is 4.74 Å². The molecule has 0 amide bonds. The predicted molar refractivity (Wildman–Crippen MR) is 118 cm³/mol. The van der Waals surface area contributed by atoms with Crippen molar-refractivity contribution in [3.8, 4) is 5.75 Å². The zero-order valence-corrected chi connectivity index (χ0v) is 19.7. The fourth-order valence-electron chi connectivity index (χ4n) is 3.40. The summed E-state index contributed by atoms with van der Waals surface area (Å²) in [6, 6.07) is 11.7. The van der Waals surface area contributed by atoms with Crippen molar-refractivity contribution in [1.82, 2.24) is 9.62 Å². The predicted octanol–water partition coefficient (Wildman–Crippen LogP) is 4.89. The Labute approximate surface area is 194 Å². The van der Waals surface area contributed by atoms with Crippen LogP contribution in [0.1, 0.15) is 24.0 Å². The highest BCUT2D eigenvalue weighted by Crippen LogP contribution is 2.32. The number of nitrogens with one attached hydrogen (secondary N) is 1. The molecule has 0 aliphatic carbocycles. The summed E-state index contributed by atoms with van der Waals surface area (Å²) in [6.45, 7) is 2.80. The molecule has 0 spiro atoms. The Morgan fingerprint density at radius 1 is 1.10 bits per heavy atom. The Kier molecular flexibility index (Phi) is 9.20. The lowest BCUT2D eigenvalue weighted by Gasteiger charge is -2.28. The number of sulfonamides is 1. The highest BCUT2D eigenvalue weighted by molar-refractivity contribution is 9.10. The third kappa shape index (κ3) is 7.64. The van der Waals surface area contributed by atoms with Crippen molar-refractivity contribution in [2.75, 3.05) is 19.6 Å². The molecule has 0 saturated heterocycles. The van der Waals surface area contributed by atoms with Crippen LogP contribution in [0.25, 0.3) is 0 Å². The monoisotopic (exact) mass is 542 g/mol. The van der Waals surface area contributed by atoms with E-state index in [1.165, 1.54) is 17.2 Å². The average molecular weight is 544 g/mol. The van der Waals surface area contributed by atoms with E-state index >= 15 is 0 Å². The molecule has 11 heteroatoms. The van der Waals surface area contributed by atoms with Gasteiger partial charge >= 0.3 is 6.36 Å². The van der Waals surface area contributed by atoms with Gasteiger partial charge in [-0.1, -0.05) is 40.2 Å². The minimum atomic E-state index is -4.99. The van der Waals surface area contributed by atoms with Crippen LogP contribution in [0.15, 0.2) is 51.8 Å². The van der Waals surface area contributed by atoms with Gasteiger partial charge in [-0.15, -0.1) is 25.6 Å². The van der Waals surface area contributed by atoms with E-state index in [-0.39, 0.29) is 23.4 Å². The van der Waals surface area contributed by atoms with Crippen molar-refractivity contribution in [2.24, 2.45) is 0 Å². The van der Waals surface area contributed by atoms with Gasteiger partial charge in [0, 0.05) is 24.1 Å². The summed E-state index contributed by atoms with van der Waals surface area (Å²) in [4.78, 5) is 1.77. The van der Waals surface area contributed by atoms with Gasteiger partial charge in [-0.25, -0.2) is 13.1 Å². The van der Waals surface area contributed by atoms with Crippen LogP contribution in [0.4, 0.5) is 13.2 Å². The van der Waals surface area contributed by atoms with Crippen molar-refractivity contribution in [2.45, 2.75) is 37.1 Å². The Balaban J connectivity index is 0.00000341. The second kappa shape index (κ2) is 11.0. The smallest absolute Gasteiger partial charge is 0.404 e. The van der Waals surface area contributed by atoms with Crippen molar-refractivity contribution < 1.29 is 26.3 Å². The van der Waals surface area contributed by atoms with Crippen LogP contribution in [0, 0.1) is 0 Å². The molecule has 0 atom stereocenters. The molecule has 1 N–H and O–H groups in total. The molecule has 3 rings (SSSR count). The van der Waals surface area contributed by atoms with Gasteiger partial charge in [0.05, 0.1) is 0 Å². The molecule has 1 aliphatic heterocycles. The lowest BCUT2D eigenvalue weighted by atomic mass is 10.00. The normalized spacial score (nSPS) is 14.6. The quantitative estimate of drug-likeness (QED) is 0.482. The average Bonchev–Trinajstić information content (AvgIpc) is 2.66. The summed E-state index contributed by atoms with van der Waals surface area (Å²) >= 11 is 3.02. The molecule has 0 radical (unpaired) electrons. The van der Waals surface area contributed by atoms with Crippen LogP contribution in [0.5, 0.6) is 5.75 Å². The van der Waals surface area contributed by atoms with Gasteiger partial charge in [0.25, 0.3) is 0 Å². The number of benzene rings is 2. The van der Waals surface area contributed by atoms with Crippen LogP contribution >= 0.6 is 28.3 Å². The highest BCUT2D eigenvalue weighted by Gasteiger charge is 2.34. The van der Waals surface area contributed by atoms with E-state index in [9.17, 15) is 21.6 Å². The number of rotatable bonds is 8. The molecule has 5 nitrogen and oxygen atoms in total. The fraction of sp³-hybridized carbons (Fsp3) is 0.400. The van der Waals surface area contributed by atoms with Gasteiger partial charge in [0.15, 0.2) is 5.75 Å². The molecule has 31 heavy (non-hydrogen) atoms. The number of ether oxygens (including phenoxy) is 1. The number of halogens is 5. The maximum Gasteiger partial charge on any atom is 0.573 e. The molecule has 0 fully saturated rings. The molecule has 0 unspecified atom stereocenters. The lowest BCUT2D eigenvalue weighted by Crippen LogP contribution is -2.32. The minimum absolute atomic E-state index is 0. The zero-order valence-electron chi connectivity index (χ0n) is 16.5. The van der Waals surface area contributed by atoms with E-state index in [1.54, 1.807) is 0 Å². The van der Waals surface area contributed by atoms with Crippen molar-refractivity contribution in [1.29, 1.82) is 0 Å². The SMILES string of the molecule is Cl.O=S(=O)(NCCCCN1CCc2ccccc2C1)c1ccc(Br)cc1OC(F)(F)F.